The molecule has 0 unspecified atom stereocenters. The van der Waals surface area contributed by atoms with Crippen LogP contribution in [0.5, 0.6) is 5.88 Å². The Morgan fingerprint density at radius 2 is 2.26 bits per heavy atom. The van der Waals surface area contributed by atoms with Crippen LogP contribution in [0.4, 0.5) is 10.9 Å². The molecule has 1 aliphatic rings. The number of likely N-dealkylation sites (tertiary alicyclic amines) is 1. The van der Waals surface area contributed by atoms with Gasteiger partial charge < -0.3 is 15.0 Å². The van der Waals surface area contributed by atoms with Crippen molar-refractivity contribution in [3.8, 4) is 5.88 Å². The molecule has 3 heterocycles. The van der Waals surface area contributed by atoms with Crippen LogP contribution in [-0.4, -0.2) is 58.0 Å². The van der Waals surface area contributed by atoms with Crippen molar-refractivity contribution >= 4 is 28.2 Å². The highest BCUT2D eigenvalue weighted by Gasteiger charge is 2.31. The van der Waals surface area contributed by atoms with Crippen LogP contribution in [0.2, 0.25) is 0 Å². The van der Waals surface area contributed by atoms with Crippen molar-refractivity contribution in [3.63, 3.8) is 0 Å². The third-order valence-electron chi connectivity index (χ3n) is 4.64. The Hall–Kier alpha value is -2.26. The van der Waals surface area contributed by atoms with Gasteiger partial charge in [-0.2, -0.15) is 0 Å². The van der Waals surface area contributed by atoms with Gasteiger partial charge in [0.2, 0.25) is 11.8 Å². The fourth-order valence-corrected chi connectivity index (χ4v) is 3.96. The van der Waals surface area contributed by atoms with E-state index >= 15 is 0 Å². The van der Waals surface area contributed by atoms with Gasteiger partial charge in [-0.1, -0.05) is 0 Å². The normalized spacial score (nSPS) is 19.9. The summed E-state index contributed by atoms with van der Waals surface area (Å²) in [6, 6.07) is 2.29. The van der Waals surface area contributed by atoms with Gasteiger partial charge in [0, 0.05) is 63.2 Å². The van der Waals surface area contributed by atoms with E-state index in [2.05, 4.69) is 43.9 Å². The number of nitrogens with zero attached hydrogens (tertiary/aromatic N) is 5. The second-order valence-electron chi connectivity index (χ2n) is 6.80. The van der Waals surface area contributed by atoms with Crippen molar-refractivity contribution in [1.82, 2.24) is 19.9 Å². The van der Waals surface area contributed by atoms with Gasteiger partial charge in [-0.3, -0.25) is 9.69 Å². The molecule has 3 rings (SSSR count). The number of thiazole rings is 1. The summed E-state index contributed by atoms with van der Waals surface area (Å²) in [5.74, 6) is 1.38. The quantitative estimate of drug-likeness (QED) is 0.777. The number of hydrogen-bond acceptors (Lipinski definition) is 8. The van der Waals surface area contributed by atoms with Gasteiger partial charge in [0.25, 0.3) is 0 Å². The maximum Gasteiger partial charge on any atom is 0.223 e. The van der Waals surface area contributed by atoms with Crippen molar-refractivity contribution in [2.45, 2.75) is 45.9 Å². The highest BCUT2D eigenvalue weighted by atomic mass is 32.1. The fourth-order valence-electron chi connectivity index (χ4n) is 3.08. The summed E-state index contributed by atoms with van der Waals surface area (Å²) in [6.07, 6.45) is 4.42. The molecule has 1 aliphatic heterocycles. The smallest absolute Gasteiger partial charge is 0.223 e. The second kappa shape index (κ2) is 8.62. The summed E-state index contributed by atoms with van der Waals surface area (Å²) in [6.45, 7) is 8.27. The maximum absolute atomic E-state index is 11.1. The average Bonchev–Trinajstić information content (AvgIpc) is 3.20. The lowest BCUT2D eigenvalue weighted by Gasteiger charge is -2.19. The minimum atomic E-state index is -0.100. The molecule has 0 bridgehead atoms. The standard InChI is InChI=1S/C18H26N6O2S/c1-5-23(4)16-7-17(21-11-20-16)26-14-6-12(2)24(9-14)10-15-8-19-18(27-15)22-13(3)25/h7-8,11-12,14H,5-6,9-10H2,1-4H3,(H,19,22,25)/t12-,14+/m0/s1. The van der Waals surface area contributed by atoms with Crippen molar-refractivity contribution < 1.29 is 9.53 Å². The Labute approximate surface area is 163 Å². The van der Waals surface area contributed by atoms with Crippen LogP contribution in [0.25, 0.3) is 0 Å². The predicted octanol–water partition coefficient (Wildman–Crippen LogP) is 2.39. The Balaban J connectivity index is 1.58. The Morgan fingerprint density at radius 1 is 1.44 bits per heavy atom. The summed E-state index contributed by atoms with van der Waals surface area (Å²) in [5, 5.41) is 3.37. The number of carbonyl (C=O) groups excluding carboxylic acids is 1. The molecule has 1 saturated heterocycles. The molecule has 1 fully saturated rings. The summed E-state index contributed by atoms with van der Waals surface area (Å²) < 4.78 is 6.12. The van der Waals surface area contributed by atoms with Crippen molar-refractivity contribution in [2.75, 3.05) is 30.4 Å². The van der Waals surface area contributed by atoms with Crippen molar-refractivity contribution in [1.29, 1.82) is 0 Å². The first-order valence-electron chi connectivity index (χ1n) is 9.10. The molecule has 0 radical (unpaired) electrons. The molecule has 2 aromatic heterocycles. The summed E-state index contributed by atoms with van der Waals surface area (Å²) in [4.78, 5) is 29.5. The van der Waals surface area contributed by atoms with Gasteiger partial charge >= 0.3 is 0 Å². The van der Waals surface area contributed by atoms with E-state index < -0.39 is 0 Å². The molecule has 0 aliphatic carbocycles. The van der Waals surface area contributed by atoms with E-state index in [-0.39, 0.29) is 12.0 Å². The minimum Gasteiger partial charge on any atom is -0.473 e. The van der Waals surface area contributed by atoms with Crippen LogP contribution in [0.1, 0.15) is 32.1 Å². The number of aromatic nitrogens is 3. The molecule has 0 aromatic carbocycles. The summed E-state index contributed by atoms with van der Waals surface area (Å²) in [7, 11) is 2.00. The third-order valence-corrected chi connectivity index (χ3v) is 5.54. The monoisotopic (exact) mass is 390 g/mol. The van der Waals surface area contributed by atoms with Crippen LogP contribution >= 0.6 is 11.3 Å². The molecule has 2 aromatic rings. The van der Waals surface area contributed by atoms with Crippen LogP contribution in [-0.2, 0) is 11.3 Å². The van der Waals surface area contributed by atoms with E-state index in [0.717, 1.165) is 36.8 Å². The van der Waals surface area contributed by atoms with E-state index in [1.165, 1.54) is 18.3 Å². The zero-order valence-electron chi connectivity index (χ0n) is 16.2. The summed E-state index contributed by atoms with van der Waals surface area (Å²) >= 11 is 1.51. The Bertz CT molecular complexity index is 783. The third kappa shape index (κ3) is 5.14. The van der Waals surface area contributed by atoms with Crippen molar-refractivity contribution in [2.24, 2.45) is 0 Å². The van der Waals surface area contributed by atoms with Gasteiger partial charge in [-0.25, -0.2) is 15.0 Å². The zero-order valence-corrected chi connectivity index (χ0v) is 17.0. The first-order valence-corrected chi connectivity index (χ1v) is 9.92. The number of nitrogens with one attached hydrogen (secondary N) is 1. The lowest BCUT2D eigenvalue weighted by molar-refractivity contribution is -0.114. The Kier molecular flexibility index (Phi) is 6.22. The summed E-state index contributed by atoms with van der Waals surface area (Å²) in [5.41, 5.74) is 0. The van der Waals surface area contributed by atoms with E-state index in [9.17, 15) is 4.79 Å². The Morgan fingerprint density at radius 3 is 3.00 bits per heavy atom. The molecule has 0 saturated carbocycles. The highest BCUT2D eigenvalue weighted by Crippen LogP contribution is 2.27. The zero-order chi connectivity index (χ0) is 19.4. The molecular formula is C18H26N6O2S. The van der Waals surface area contributed by atoms with Gasteiger partial charge in [-0.05, 0) is 13.8 Å². The van der Waals surface area contributed by atoms with Crippen LogP contribution in [0.3, 0.4) is 0 Å². The van der Waals surface area contributed by atoms with E-state index in [1.54, 1.807) is 6.33 Å². The first-order chi connectivity index (χ1) is 12.9. The van der Waals surface area contributed by atoms with Crippen molar-refractivity contribution in [3.05, 3.63) is 23.5 Å². The topological polar surface area (TPSA) is 83.5 Å². The number of rotatable bonds is 7. The number of amides is 1. The maximum atomic E-state index is 11.1. The molecule has 9 heteroatoms. The number of hydrogen-bond donors (Lipinski definition) is 1. The number of ether oxygens (including phenoxy) is 1. The molecule has 8 nitrogen and oxygen atoms in total. The molecular weight excluding hydrogens is 364 g/mol. The first kappa shape index (κ1) is 19.5. The second-order valence-corrected chi connectivity index (χ2v) is 7.91. The van der Waals surface area contributed by atoms with Gasteiger partial charge in [0.15, 0.2) is 5.13 Å². The van der Waals surface area contributed by atoms with Gasteiger partial charge in [-0.15, -0.1) is 11.3 Å². The molecule has 1 N–H and O–H groups in total. The lowest BCUT2D eigenvalue weighted by Crippen LogP contribution is -2.27. The van der Waals surface area contributed by atoms with Gasteiger partial charge in [0.05, 0.1) is 0 Å². The molecule has 27 heavy (non-hydrogen) atoms. The van der Waals surface area contributed by atoms with Gasteiger partial charge in [0.1, 0.15) is 18.2 Å². The number of anilines is 2. The fraction of sp³-hybridized carbons (Fsp3) is 0.556. The van der Waals surface area contributed by atoms with Crippen LogP contribution in [0.15, 0.2) is 18.6 Å². The lowest BCUT2D eigenvalue weighted by atomic mass is 10.2. The van der Waals surface area contributed by atoms with E-state index in [1.807, 2.05) is 19.3 Å². The molecule has 2 atom stereocenters. The minimum absolute atomic E-state index is 0.0948. The molecule has 0 spiro atoms. The predicted molar refractivity (Wildman–Crippen MR) is 106 cm³/mol. The van der Waals surface area contributed by atoms with E-state index in [0.29, 0.717) is 17.1 Å². The van der Waals surface area contributed by atoms with Crippen LogP contribution in [0, 0.1) is 0 Å². The largest absolute Gasteiger partial charge is 0.473 e. The van der Waals surface area contributed by atoms with Crippen LogP contribution < -0.4 is 15.0 Å². The molecule has 146 valence electrons. The van der Waals surface area contributed by atoms with E-state index in [4.69, 9.17) is 4.74 Å². The number of carbonyl (C=O) groups is 1. The average molecular weight is 391 g/mol. The SMILES string of the molecule is CCN(C)c1cc(O[C@@H]2C[C@H](C)N(Cc3cnc(NC(C)=O)s3)C2)ncn1. The molecule has 1 amide bonds. The highest BCUT2D eigenvalue weighted by molar-refractivity contribution is 7.15.